The molecule has 0 saturated carbocycles. The molecule has 0 atom stereocenters. The molecule has 1 aliphatic rings. The second kappa shape index (κ2) is 8.51. The van der Waals surface area contributed by atoms with Gasteiger partial charge in [0.15, 0.2) is 0 Å². The number of hydrogen-bond acceptors (Lipinski definition) is 5. The molecule has 5 nitrogen and oxygen atoms in total. The standard InChI is InChI=1S/C25H22F2N4O/c1-16-24(21-7-2-3-8-28-21)30-22-14-17(26)13-20(27)23(22)25(16)29-18-5-4-6-19(15-18)31-9-11-32-12-10-31/h2-8,13-15H,9-12H2,1H3,(H,29,30). The Morgan fingerprint density at radius 2 is 1.84 bits per heavy atom. The lowest BCUT2D eigenvalue weighted by Gasteiger charge is -2.29. The Kier molecular flexibility index (Phi) is 5.41. The molecule has 0 amide bonds. The van der Waals surface area contributed by atoms with Crippen molar-refractivity contribution in [2.45, 2.75) is 6.92 Å². The number of aromatic nitrogens is 2. The van der Waals surface area contributed by atoms with E-state index in [1.165, 1.54) is 6.07 Å². The van der Waals surface area contributed by atoms with E-state index in [0.717, 1.165) is 36.1 Å². The summed E-state index contributed by atoms with van der Waals surface area (Å²) < 4.78 is 34.4. The Morgan fingerprint density at radius 3 is 2.62 bits per heavy atom. The smallest absolute Gasteiger partial charge is 0.137 e. The summed E-state index contributed by atoms with van der Waals surface area (Å²) in [7, 11) is 0. The van der Waals surface area contributed by atoms with Crippen molar-refractivity contribution in [3.05, 3.63) is 78.0 Å². The molecule has 5 rings (SSSR count). The van der Waals surface area contributed by atoms with E-state index < -0.39 is 11.6 Å². The Bertz CT molecular complexity index is 1270. The molecule has 0 spiro atoms. The van der Waals surface area contributed by atoms with Crippen LogP contribution in [0, 0.1) is 18.6 Å². The fourth-order valence-electron chi connectivity index (χ4n) is 4.06. The number of ether oxygens (including phenoxy) is 1. The number of anilines is 3. The zero-order valence-electron chi connectivity index (χ0n) is 17.6. The molecular formula is C25H22F2N4O. The van der Waals surface area contributed by atoms with Crippen molar-refractivity contribution >= 4 is 28.0 Å². The van der Waals surface area contributed by atoms with Gasteiger partial charge in [0.2, 0.25) is 0 Å². The zero-order chi connectivity index (χ0) is 22.1. The SMILES string of the molecule is Cc1c(-c2ccccn2)nc2cc(F)cc(F)c2c1Nc1cccc(N2CCOCC2)c1. The largest absolute Gasteiger partial charge is 0.378 e. The number of nitrogens with one attached hydrogen (secondary N) is 1. The van der Waals surface area contributed by atoms with E-state index >= 15 is 0 Å². The van der Waals surface area contributed by atoms with Crippen molar-refractivity contribution in [2.75, 3.05) is 36.5 Å². The van der Waals surface area contributed by atoms with Crippen molar-refractivity contribution < 1.29 is 13.5 Å². The molecule has 1 aliphatic heterocycles. The summed E-state index contributed by atoms with van der Waals surface area (Å²) in [6.07, 6.45) is 1.67. The molecular weight excluding hydrogens is 410 g/mol. The van der Waals surface area contributed by atoms with E-state index in [4.69, 9.17) is 4.74 Å². The van der Waals surface area contributed by atoms with Crippen molar-refractivity contribution in [2.24, 2.45) is 0 Å². The van der Waals surface area contributed by atoms with Gasteiger partial charge in [-0.05, 0) is 37.3 Å². The molecule has 2 aromatic heterocycles. The van der Waals surface area contributed by atoms with E-state index in [9.17, 15) is 8.78 Å². The van der Waals surface area contributed by atoms with Gasteiger partial charge in [-0.3, -0.25) is 4.98 Å². The van der Waals surface area contributed by atoms with Crippen LogP contribution in [0.2, 0.25) is 0 Å². The minimum Gasteiger partial charge on any atom is -0.378 e. The molecule has 1 saturated heterocycles. The van der Waals surface area contributed by atoms with Gasteiger partial charge >= 0.3 is 0 Å². The fourth-order valence-corrected chi connectivity index (χ4v) is 4.06. The molecule has 0 aliphatic carbocycles. The summed E-state index contributed by atoms with van der Waals surface area (Å²) in [4.78, 5) is 11.2. The van der Waals surface area contributed by atoms with Gasteiger partial charge in [0, 0.05) is 48.4 Å². The number of benzene rings is 2. The lowest BCUT2D eigenvalue weighted by molar-refractivity contribution is 0.122. The van der Waals surface area contributed by atoms with Gasteiger partial charge in [-0.15, -0.1) is 0 Å². The molecule has 0 bridgehead atoms. The maximum absolute atomic E-state index is 14.9. The predicted molar refractivity (Wildman–Crippen MR) is 122 cm³/mol. The minimum absolute atomic E-state index is 0.237. The van der Waals surface area contributed by atoms with Crippen LogP contribution >= 0.6 is 0 Å². The highest BCUT2D eigenvalue weighted by molar-refractivity contribution is 5.98. The molecule has 0 unspecified atom stereocenters. The molecule has 4 aromatic rings. The topological polar surface area (TPSA) is 50.3 Å². The molecule has 1 N–H and O–H groups in total. The third kappa shape index (κ3) is 3.87. The third-order valence-electron chi connectivity index (χ3n) is 5.65. The molecule has 32 heavy (non-hydrogen) atoms. The Morgan fingerprint density at radius 1 is 1.00 bits per heavy atom. The van der Waals surface area contributed by atoms with Gasteiger partial charge < -0.3 is 15.0 Å². The third-order valence-corrected chi connectivity index (χ3v) is 5.65. The van der Waals surface area contributed by atoms with Crippen LogP contribution in [0.15, 0.2) is 60.8 Å². The second-order valence-electron chi connectivity index (χ2n) is 7.73. The lowest BCUT2D eigenvalue weighted by Crippen LogP contribution is -2.36. The van der Waals surface area contributed by atoms with Crippen molar-refractivity contribution in [1.82, 2.24) is 9.97 Å². The average Bonchev–Trinajstić information content (AvgIpc) is 2.82. The van der Waals surface area contributed by atoms with Crippen LogP contribution in [0.1, 0.15) is 5.56 Å². The van der Waals surface area contributed by atoms with Crippen LogP contribution in [-0.4, -0.2) is 36.3 Å². The van der Waals surface area contributed by atoms with E-state index in [1.807, 2.05) is 49.4 Å². The minimum atomic E-state index is -0.668. The van der Waals surface area contributed by atoms with Crippen molar-refractivity contribution in [1.29, 1.82) is 0 Å². The summed E-state index contributed by atoms with van der Waals surface area (Å²) in [6.45, 7) is 4.89. The van der Waals surface area contributed by atoms with Gasteiger partial charge in [0.05, 0.1) is 41.2 Å². The number of rotatable bonds is 4. The van der Waals surface area contributed by atoms with E-state index in [2.05, 4.69) is 20.2 Å². The first-order valence-electron chi connectivity index (χ1n) is 10.5. The highest BCUT2D eigenvalue weighted by atomic mass is 19.1. The van der Waals surface area contributed by atoms with E-state index in [-0.39, 0.29) is 10.9 Å². The Hall–Kier alpha value is -3.58. The first-order chi connectivity index (χ1) is 15.6. The van der Waals surface area contributed by atoms with Crippen molar-refractivity contribution in [3.8, 4) is 11.4 Å². The number of nitrogens with zero attached hydrogens (tertiary/aromatic N) is 3. The van der Waals surface area contributed by atoms with Crippen LogP contribution in [0.25, 0.3) is 22.3 Å². The molecule has 3 heterocycles. The first-order valence-corrected chi connectivity index (χ1v) is 10.5. The normalized spacial score (nSPS) is 14.0. The Balaban J connectivity index is 1.64. The van der Waals surface area contributed by atoms with E-state index in [0.29, 0.717) is 30.3 Å². The van der Waals surface area contributed by atoms with Crippen LogP contribution < -0.4 is 10.2 Å². The Labute approximate surface area is 184 Å². The lowest BCUT2D eigenvalue weighted by atomic mass is 10.0. The molecule has 0 radical (unpaired) electrons. The summed E-state index contributed by atoms with van der Waals surface area (Å²) in [5, 5.41) is 3.63. The molecule has 162 valence electrons. The summed E-state index contributed by atoms with van der Waals surface area (Å²) in [5.41, 5.74) is 4.61. The van der Waals surface area contributed by atoms with Crippen LogP contribution in [0.5, 0.6) is 0 Å². The molecule has 1 fully saturated rings. The van der Waals surface area contributed by atoms with Gasteiger partial charge in [0.1, 0.15) is 11.6 Å². The maximum atomic E-state index is 14.9. The highest BCUT2D eigenvalue weighted by Crippen LogP contribution is 2.37. The quantitative estimate of drug-likeness (QED) is 0.464. The van der Waals surface area contributed by atoms with Gasteiger partial charge in [0.25, 0.3) is 0 Å². The molecule has 7 heteroatoms. The number of morpholine rings is 1. The highest BCUT2D eigenvalue weighted by Gasteiger charge is 2.19. The predicted octanol–water partition coefficient (Wildman–Crippen LogP) is 5.46. The second-order valence-corrected chi connectivity index (χ2v) is 7.73. The van der Waals surface area contributed by atoms with Gasteiger partial charge in [-0.25, -0.2) is 13.8 Å². The summed E-state index contributed by atoms with van der Waals surface area (Å²) in [5.74, 6) is -1.33. The van der Waals surface area contributed by atoms with Crippen LogP contribution in [0.4, 0.5) is 25.8 Å². The maximum Gasteiger partial charge on any atom is 0.137 e. The summed E-state index contributed by atoms with van der Waals surface area (Å²) >= 11 is 0. The van der Waals surface area contributed by atoms with Crippen LogP contribution in [0.3, 0.4) is 0 Å². The van der Waals surface area contributed by atoms with Crippen LogP contribution in [-0.2, 0) is 4.74 Å². The number of halogens is 2. The van der Waals surface area contributed by atoms with Gasteiger partial charge in [-0.2, -0.15) is 0 Å². The molecule has 2 aromatic carbocycles. The summed E-state index contributed by atoms with van der Waals surface area (Å²) in [6, 6.07) is 15.6. The van der Waals surface area contributed by atoms with Gasteiger partial charge in [-0.1, -0.05) is 12.1 Å². The monoisotopic (exact) mass is 432 g/mol. The fraction of sp³-hybridized carbons (Fsp3) is 0.200. The average molecular weight is 432 g/mol. The zero-order valence-corrected chi connectivity index (χ0v) is 17.6. The number of hydrogen-bond donors (Lipinski definition) is 1. The number of pyridine rings is 2. The van der Waals surface area contributed by atoms with Crippen molar-refractivity contribution in [3.63, 3.8) is 0 Å². The number of fused-ring (bicyclic) bond motifs is 1. The first kappa shape index (κ1) is 20.3. The van der Waals surface area contributed by atoms with E-state index in [1.54, 1.807) is 6.20 Å².